The Morgan fingerprint density at radius 2 is 1.80 bits per heavy atom. The maximum atomic E-state index is 12.3. The second-order valence-corrected chi connectivity index (χ2v) is 3.25. The first-order valence-corrected chi connectivity index (χ1v) is 4.18. The molecule has 0 saturated heterocycles. The maximum Gasteiger partial charge on any atom is 0.416 e. The number of benzene rings is 1. The van der Waals surface area contributed by atoms with E-state index in [0.29, 0.717) is 11.1 Å². The predicted molar refractivity (Wildman–Crippen MR) is 57.2 cm³/mol. The Morgan fingerprint density at radius 3 is 2.20 bits per heavy atom. The van der Waals surface area contributed by atoms with Crippen LogP contribution in [0, 0.1) is 6.92 Å². The van der Waals surface area contributed by atoms with E-state index in [1.165, 1.54) is 13.0 Å². The Bertz CT molecular complexity index is 334. The van der Waals surface area contributed by atoms with Gasteiger partial charge < -0.3 is 5.11 Å². The molecule has 0 amide bonds. The van der Waals surface area contributed by atoms with Crippen molar-refractivity contribution in [1.82, 2.24) is 0 Å². The van der Waals surface area contributed by atoms with E-state index in [2.05, 4.69) is 0 Å². The molecule has 86 valence electrons. The number of hydrogen-bond donors (Lipinski definition) is 1. The normalized spacial score (nSPS) is 13.2. The lowest BCUT2D eigenvalue weighted by atomic mass is 10.0. The fourth-order valence-corrected chi connectivity index (χ4v) is 1.27. The molecule has 1 N–H and O–H groups in total. The van der Waals surface area contributed by atoms with Gasteiger partial charge in [0, 0.05) is 0 Å². The van der Waals surface area contributed by atoms with Gasteiger partial charge in [0.05, 0.1) is 11.7 Å². The largest absolute Gasteiger partial charge is 0.416 e. The zero-order valence-electron chi connectivity index (χ0n) is 8.39. The highest BCUT2D eigenvalue weighted by Crippen LogP contribution is 2.31. The molecule has 1 nitrogen and oxygen atoms in total. The predicted octanol–water partition coefficient (Wildman–Crippen LogP) is 3.18. The van der Waals surface area contributed by atoms with Gasteiger partial charge in [-0.3, -0.25) is 0 Å². The number of rotatable bonds is 1. The first-order valence-electron chi connectivity index (χ1n) is 4.18. The number of hydrogen-bond acceptors (Lipinski definition) is 1. The number of aryl methyl sites for hydroxylation is 1. The fourth-order valence-electron chi connectivity index (χ4n) is 1.27. The van der Waals surface area contributed by atoms with Crippen LogP contribution in [0.4, 0.5) is 13.2 Å². The van der Waals surface area contributed by atoms with Crippen LogP contribution in [-0.4, -0.2) is 5.11 Å². The van der Waals surface area contributed by atoms with Gasteiger partial charge in [0.25, 0.3) is 0 Å². The molecule has 1 aromatic carbocycles. The Morgan fingerprint density at radius 1 is 1.27 bits per heavy atom. The topological polar surface area (TPSA) is 20.2 Å². The summed E-state index contributed by atoms with van der Waals surface area (Å²) in [4.78, 5) is 0. The minimum absolute atomic E-state index is 0. The summed E-state index contributed by atoms with van der Waals surface area (Å²) in [6.07, 6.45) is -5.23. The molecule has 1 rings (SSSR count). The zero-order valence-corrected chi connectivity index (χ0v) is 9.39. The number of aliphatic hydroxyl groups is 1. The molecule has 1 atom stereocenters. The molecule has 0 bridgehead atoms. The van der Waals surface area contributed by atoms with Crippen LogP contribution in [0.5, 0.6) is 0 Å². The van der Waals surface area contributed by atoms with E-state index in [4.69, 9.17) is 0 Å². The molecule has 0 heterocycles. The fraction of sp³-hybridized carbons (Fsp3) is 0.400. The summed E-state index contributed by atoms with van der Waals surface area (Å²) < 4.78 is 36.8. The Hall–Kier alpha value is -0.680. The van der Waals surface area contributed by atoms with Crippen LogP contribution in [0.25, 0.3) is 0 Å². The van der Waals surface area contributed by atoms with Crippen LogP contribution in [0.15, 0.2) is 18.2 Å². The molecular formula is C10H13F3OS. The third-order valence-electron chi connectivity index (χ3n) is 2.06. The molecule has 0 radical (unpaired) electrons. The molecule has 15 heavy (non-hydrogen) atoms. The van der Waals surface area contributed by atoms with E-state index >= 15 is 0 Å². The van der Waals surface area contributed by atoms with Gasteiger partial charge in [0.1, 0.15) is 0 Å². The second kappa shape index (κ2) is 4.90. The van der Waals surface area contributed by atoms with E-state index in [1.54, 1.807) is 6.92 Å². The van der Waals surface area contributed by atoms with E-state index in [1.807, 2.05) is 0 Å². The lowest BCUT2D eigenvalue weighted by Gasteiger charge is -2.12. The summed E-state index contributed by atoms with van der Waals surface area (Å²) in [6.45, 7) is 3.12. The summed E-state index contributed by atoms with van der Waals surface area (Å²) in [5.41, 5.74) is 0.256. The lowest BCUT2D eigenvalue weighted by Crippen LogP contribution is -2.07. The van der Waals surface area contributed by atoms with E-state index < -0.39 is 17.8 Å². The Labute approximate surface area is 93.4 Å². The molecular weight excluding hydrogens is 225 g/mol. The first-order chi connectivity index (χ1) is 6.32. The maximum absolute atomic E-state index is 12.3. The summed E-state index contributed by atoms with van der Waals surface area (Å²) in [5, 5.41) is 9.23. The number of alkyl halides is 3. The Kier molecular flexibility index (Phi) is 4.67. The van der Waals surface area contributed by atoms with Crippen molar-refractivity contribution in [2.45, 2.75) is 26.1 Å². The molecule has 0 saturated carbocycles. The van der Waals surface area contributed by atoms with Crippen LogP contribution >= 0.6 is 13.5 Å². The molecule has 5 heteroatoms. The minimum atomic E-state index is -4.35. The van der Waals surface area contributed by atoms with Crippen molar-refractivity contribution in [2.24, 2.45) is 0 Å². The van der Waals surface area contributed by atoms with E-state index in [0.717, 1.165) is 12.1 Å². The summed E-state index contributed by atoms with van der Waals surface area (Å²) in [6, 6.07) is 3.37. The van der Waals surface area contributed by atoms with Crippen molar-refractivity contribution in [3.8, 4) is 0 Å². The highest BCUT2D eigenvalue weighted by Gasteiger charge is 2.30. The summed E-state index contributed by atoms with van der Waals surface area (Å²) >= 11 is 0. The molecule has 0 unspecified atom stereocenters. The second-order valence-electron chi connectivity index (χ2n) is 3.25. The van der Waals surface area contributed by atoms with Gasteiger partial charge >= 0.3 is 6.18 Å². The van der Waals surface area contributed by atoms with Crippen molar-refractivity contribution in [3.05, 3.63) is 34.9 Å². The van der Waals surface area contributed by atoms with Gasteiger partial charge in [-0.15, -0.1) is 0 Å². The summed E-state index contributed by atoms with van der Waals surface area (Å²) in [5.74, 6) is 0. The van der Waals surface area contributed by atoms with Gasteiger partial charge in [-0.1, -0.05) is 6.07 Å². The van der Waals surface area contributed by atoms with E-state index in [-0.39, 0.29) is 13.5 Å². The van der Waals surface area contributed by atoms with Gasteiger partial charge in [-0.05, 0) is 37.1 Å². The minimum Gasteiger partial charge on any atom is -0.389 e. The average molecular weight is 238 g/mol. The van der Waals surface area contributed by atoms with Crippen molar-refractivity contribution in [2.75, 3.05) is 0 Å². The SMILES string of the molecule is Cc1ccc(C(F)(F)F)cc1[C@H](C)O.S. The highest BCUT2D eigenvalue weighted by atomic mass is 32.1. The monoisotopic (exact) mass is 238 g/mol. The van der Waals surface area contributed by atoms with Crippen LogP contribution < -0.4 is 0 Å². The summed E-state index contributed by atoms with van der Waals surface area (Å²) in [7, 11) is 0. The standard InChI is InChI=1S/C10H11F3O.H2S/c1-6-3-4-8(10(11,12)13)5-9(6)7(2)14;/h3-5,7,14H,1-2H3;1H2/t7-;/m0./s1. The molecule has 1 aromatic rings. The Balaban J connectivity index is 0.00000196. The highest BCUT2D eigenvalue weighted by molar-refractivity contribution is 7.59. The van der Waals surface area contributed by atoms with Crippen molar-refractivity contribution in [3.63, 3.8) is 0 Å². The quantitative estimate of drug-likeness (QED) is 0.796. The van der Waals surface area contributed by atoms with Gasteiger partial charge in [-0.25, -0.2) is 0 Å². The third kappa shape index (κ3) is 3.43. The van der Waals surface area contributed by atoms with Crippen LogP contribution in [-0.2, 0) is 6.18 Å². The zero-order chi connectivity index (χ0) is 10.9. The van der Waals surface area contributed by atoms with Gasteiger partial charge in [0.2, 0.25) is 0 Å². The molecule has 0 aliphatic rings. The van der Waals surface area contributed by atoms with Gasteiger partial charge in [0.15, 0.2) is 0 Å². The third-order valence-corrected chi connectivity index (χ3v) is 2.06. The number of halogens is 3. The van der Waals surface area contributed by atoms with E-state index in [9.17, 15) is 18.3 Å². The molecule has 0 spiro atoms. The van der Waals surface area contributed by atoms with Gasteiger partial charge in [-0.2, -0.15) is 26.7 Å². The molecule has 0 fully saturated rings. The van der Waals surface area contributed by atoms with Crippen LogP contribution in [0.3, 0.4) is 0 Å². The smallest absolute Gasteiger partial charge is 0.389 e. The van der Waals surface area contributed by atoms with Crippen molar-refractivity contribution < 1.29 is 18.3 Å². The van der Waals surface area contributed by atoms with Crippen LogP contribution in [0.1, 0.15) is 29.7 Å². The van der Waals surface area contributed by atoms with Crippen molar-refractivity contribution >= 4 is 13.5 Å². The number of aliphatic hydroxyl groups excluding tert-OH is 1. The molecule has 0 aliphatic heterocycles. The average Bonchev–Trinajstić information content (AvgIpc) is 2.02. The molecule has 0 aromatic heterocycles. The first kappa shape index (κ1) is 14.3. The van der Waals surface area contributed by atoms with Crippen LogP contribution in [0.2, 0.25) is 0 Å². The molecule has 0 aliphatic carbocycles. The van der Waals surface area contributed by atoms with Crippen molar-refractivity contribution in [1.29, 1.82) is 0 Å². The lowest BCUT2D eigenvalue weighted by molar-refractivity contribution is -0.137.